The third-order valence-electron chi connectivity index (χ3n) is 1.19. The Morgan fingerprint density at radius 1 is 1.36 bits per heavy atom. The summed E-state index contributed by atoms with van der Waals surface area (Å²) in [6.07, 6.45) is 1.48. The van der Waals surface area contributed by atoms with Gasteiger partial charge in [-0.2, -0.15) is 4.98 Å². The normalized spacial score (nSPS) is 10.7. The number of pyridine rings is 1. The molecule has 0 aromatic carbocycles. The first-order valence-electron chi connectivity index (χ1n) is 2.83. The molecule has 0 amide bonds. The lowest BCUT2D eigenvalue weighted by atomic mass is 10.4. The summed E-state index contributed by atoms with van der Waals surface area (Å²) < 4.78 is 4.91. The van der Waals surface area contributed by atoms with Gasteiger partial charge in [0.2, 0.25) is 5.71 Å². The molecule has 0 spiro atoms. The number of hydrogen-bond acceptors (Lipinski definition) is 3. The van der Waals surface area contributed by atoms with Crippen molar-refractivity contribution in [3.63, 3.8) is 0 Å². The molecule has 2 rings (SSSR count). The lowest BCUT2D eigenvalue weighted by Crippen LogP contribution is -1.72. The van der Waals surface area contributed by atoms with Crippen molar-refractivity contribution in [3.8, 4) is 0 Å². The highest BCUT2D eigenvalue weighted by Crippen LogP contribution is 2.19. The third-order valence-corrected chi connectivity index (χ3v) is 1.56. The van der Waals surface area contributed by atoms with Crippen LogP contribution in [-0.4, -0.2) is 9.97 Å². The minimum Gasteiger partial charge on any atom is -0.408 e. The van der Waals surface area contributed by atoms with Gasteiger partial charge in [-0.15, -0.1) is 0 Å². The van der Waals surface area contributed by atoms with Crippen LogP contribution in [0.4, 0.5) is 0 Å². The Labute approximate surface area is 72.0 Å². The van der Waals surface area contributed by atoms with E-state index in [2.05, 4.69) is 9.97 Å². The highest BCUT2D eigenvalue weighted by Gasteiger charge is 2.03. The molecule has 0 aliphatic rings. The van der Waals surface area contributed by atoms with E-state index < -0.39 is 0 Å². The van der Waals surface area contributed by atoms with Crippen molar-refractivity contribution in [2.75, 3.05) is 0 Å². The van der Waals surface area contributed by atoms with Crippen molar-refractivity contribution in [3.05, 3.63) is 22.6 Å². The number of oxazole rings is 1. The molecule has 3 nitrogen and oxygen atoms in total. The molecule has 11 heavy (non-hydrogen) atoms. The van der Waals surface area contributed by atoms with Crippen molar-refractivity contribution >= 4 is 34.4 Å². The second-order valence-corrected chi connectivity index (χ2v) is 2.70. The predicted octanol–water partition coefficient (Wildman–Crippen LogP) is 2.53. The highest BCUT2D eigenvalue weighted by molar-refractivity contribution is 6.31. The fraction of sp³-hybridized carbons (Fsp3) is 0. The van der Waals surface area contributed by atoms with E-state index in [0.717, 1.165) is 0 Å². The van der Waals surface area contributed by atoms with Crippen molar-refractivity contribution in [2.24, 2.45) is 0 Å². The average Bonchev–Trinajstić information content (AvgIpc) is 2.27. The molecule has 0 N–H and O–H groups in total. The zero-order chi connectivity index (χ0) is 7.84. The van der Waals surface area contributed by atoms with Gasteiger partial charge in [-0.1, -0.05) is 11.6 Å². The van der Waals surface area contributed by atoms with Gasteiger partial charge < -0.3 is 4.42 Å². The molecule has 0 fully saturated rings. The average molecular weight is 189 g/mol. The first-order chi connectivity index (χ1) is 5.25. The molecule has 0 saturated heterocycles. The lowest BCUT2D eigenvalue weighted by molar-refractivity contribution is 0.593. The Kier molecular flexibility index (Phi) is 1.47. The molecule has 56 valence electrons. The van der Waals surface area contributed by atoms with Crippen LogP contribution >= 0.6 is 23.2 Å². The standard InChI is InChI=1S/C6H2Cl2N2O/c7-3-1-4-5(9-2-3)11-6(8)10-4/h1-2H. The maximum Gasteiger partial charge on any atom is 0.294 e. The summed E-state index contributed by atoms with van der Waals surface area (Å²) in [6, 6.07) is 1.64. The largest absolute Gasteiger partial charge is 0.408 e. The molecule has 0 unspecified atom stereocenters. The monoisotopic (exact) mass is 188 g/mol. The molecule has 2 heterocycles. The smallest absolute Gasteiger partial charge is 0.294 e. The van der Waals surface area contributed by atoms with Crippen LogP contribution in [0.3, 0.4) is 0 Å². The van der Waals surface area contributed by atoms with E-state index in [0.29, 0.717) is 16.3 Å². The van der Waals surface area contributed by atoms with Crippen LogP contribution in [0.5, 0.6) is 0 Å². The van der Waals surface area contributed by atoms with Gasteiger partial charge in [-0.05, 0) is 17.7 Å². The van der Waals surface area contributed by atoms with E-state index >= 15 is 0 Å². The van der Waals surface area contributed by atoms with E-state index in [1.54, 1.807) is 6.07 Å². The fourth-order valence-corrected chi connectivity index (χ4v) is 1.09. The molecule has 5 heteroatoms. The third kappa shape index (κ3) is 1.17. The maximum absolute atomic E-state index is 5.64. The Hall–Kier alpha value is -0.800. The molecule has 0 aliphatic heterocycles. The summed E-state index contributed by atoms with van der Waals surface area (Å²) in [5.41, 5.74) is 0.974. The summed E-state index contributed by atoms with van der Waals surface area (Å²) in [6.45, 7) is 0. The van der Waals surface area contributed by atoms with Crippen LogP contribution in [0.2, 0.25) is 10.4 Å². The topological polar surface area (TPSA) is 38.9 Å². The SMILES string of the molecule is Clc1cnc2oc(Cl)nc2c1. The Morgan fingerprint density at radius 3 is 3.00 bits per heavy atom. The summed E-state index contributed by atoms with van der Waals surface area (Å²) in [4.78, 5) is 7.68. The van der Waals surface area contributed by atoms with Crippen molar-refractivity contribution in [1.29, 1.82) is 0 Å². The number of nitrogens with zero attached hydrogens (tertiary/aromatic N) is 2. The Balaban J connectivity index is 2.82. The molecule has 0 aliphatic carbocycles. The molecule has 2 aromatic heterocycles. The van der Waals surface area contributed by atoms with E-state index in [-0.39, 0.29) is 5.35 Å². The van der Waals surface area contributed by atoms with Gasteiger partial charge in [0.25, 0.3) is 5.35 Å². The van der Waals surface area contributed by atoms with Gasteiger partial charge in [-0.25, -0.2) is 4.98 Å². The van der Waals surface area contributed by atoms with Gasteiger partial charge >= 0.3 is 0 Å². The van der Waals surface area contributed by atoms with Gasteiger partial charge in [-0.3, -0.25) is 0 Å². The second kappa shape index (κ2) is 2.36. The second-order valence-electron chi connectivity index (χ2n) is 1.94. The molecule has 2 aromatic rings. The van der Waals surface area contributed by atoms with Crippen molar-refractivity contribution < 1.29 is 4.42 Å². The van der Waals surface area contributed by atoms with E-state index in [1.165, 1.54) is 6.20 Å². The van der Waals surface area contributed by atoms with Gasteiger partial charge in [0.05, 0.1) is 5.02 Å². The summed E-state index contributed by atoms with van der Waals surface area (Å²) >= 11 is 11.1. The van der Waals surface area contributed by atoms with Crippen LogP contribution in [0.25, 0.3) is 11.2 Å². The molecule has 0 radical (unpaired) electrons. The summed E-state index contributed by atoms with van der Waals surface area (Å²) in [7, 11) is 0. The molecule has 0 saturated carbocycles. The van der Waals surface area contributed by atoms with Crippen LogP contribution < -0.4 is 0 Å². The minimum absolute atomic E-state index is 0.0785. The summed E-state index contributed by atoms with van der Waals surface area (Å²) in [5.74, 6) is 0. The van der Waals surface area contributed by atoms with E-state index in [4.69, 9.17) is 27.6 Å². The zero-order valence-electron chi connectivity index (χ0n) is 5.21. The van der Waals surface area contributed by atoms with Crippen LogP contribution in [0.1, 0.15) is 0 Å². The van der Waals surface area contributed by atoms with E-state index in [9.17, 15) is 0 Å². The minimum atomic E-state index is 0.0785. The number of aromatic nitrogens is 2. The van der Waals surface area contributed by atoms with Crippen LogP contribution in [0, 0.1) is 0 Å². The quantitative estimate of drug-likeness (QED) is 0.638. The molecular formula is C6H2Cl2N2O. The van der Waals surface area contributed by atoms with Crippen LogP contribution in [0.15, 0.2) is 16.7 Å². The van der Waals surface area contributed by atoms with Crippen LogP contribution in [-0.2, 0) is 0 Å². The Morgan fingerprint density at radius 2 is 2.18 bits per heavy atom. The molecule has 0 bridgehead atoms. The Bertz CT molecular complexity index is 398. The number of fused-ring (bicyclic) bond motifs is 1. The molecular weight excluding hydrogens is 187 g/mol. The lowest BCUT2D eigenvalue weighted by Gasteiger charge is -1.84. The highest BCUT2D eigenvalue weighted by atomic mass is 35.5. The van der Waals surface area contributed by atoms with Crippen molar-refractivity contribution in [2.45, 2.75) is 0 Å². The van der Waals surface area contributed by atoms with Gasteiger partial charge in [0.1, 0.15) is 5.52 Å². The predicted molar refractivity (Wildman–Crippen MR) is 41.8 cm³/mol. The summed E-state index contributed by atoms with van der Waals surface area (Å²) in [5, 5.41) is 0.595. The zero-order valence-corrected chi connectivity index (χ0v) is 6.73. The maximum atomic E-state index is 5.64. The number of halogens is 2. The first kappa shape index (κ1) is 6.88. The number of hydrogen-bond donors (Lipinski definition) is 0. The number of rotatable bonds is 0. The molecule has 0 atom stereocenters. The van der Waals surface area contributed by atoms with Crippen molar-refractivity contribution in [1.82, 2.24) is 9.97 Å². The van der Waals surface area contributed by atoms with Gasteiger partial charge in [0.15, 0.2) is 0 Å². The van der Waals surface area contributed by atoms with Gasteiger partial charge in [0, 0.05) is 6.20 Å². The first-order valence-corrected chi connectivity index (χ1v) is 3.59. The fourth-order valence-electron chi connectivity index (χ4n) is 0.772. The van der Waals surface area contributed by atoms with E-state index in [1.807, 2.05) is 0 Å².